The molecule has 1 aliphatic rings. The fourth-order valence-corrected chi connectivity index (χ4v) is 5.50. The molecule has 1 aliphatic carbocycles. The van der Waals surface area contributed by atoms with E-state index in [9.17, 15) is 4.79 Å². The molecular weight excluding hydrogens is 334 g/mol. The van der Waals surface area contributed by atoms with Crippen LogP contribution in [0.2, 0.25) is 0 Å². The standard InChI is InChI=1S/C24H47NO2/c1-21(2,3)16-22(4,5)18-15-19(18)23(6,7)17-24(8,9)20(26)27-14-12-13-25(10)11/h18-19H,12-17H2,1-11H3. The summed E-state index contributed by atoms with van der Waals surface area (Å²) in [6.07, 6.45) is 4.32. The number of ether oxygens (including phenoxy) is 1. The molecule has 0 radical (unpaired) electrons. The highest BCUT2D eigenvalue weighted by molar-refractivity contribution is 5.76. The van der Waals surface area contributed by atoms with Crippen molar-refractivity contribution < 1.29 is 9.53 Å². The van der Waals surface area contributed by atoms with Gasteiger partial charge in [0.25, 0.3) is 0 Å². The molecule has 1 saturated carbocycles. The highest BCUT2D eigenvalue weighted by Crippen LogP contribution is 2.63. The molecule has 27 heavy (non-hydrogen) atoms. The second kappa shape index (κ2) is 8.43. The zero-order chi connectivity index (χ0) is 21.3. The predicted molar refractivity (Wildman–Crippen MR) is 116 cm³/mol. The molecule has 0 aromatic carbocycles. The summed E-state index contributed by atoms with van der Waals surface area (Å²) in [4.78, 5) is 14.8. The van der Waals surface area contributed by atoms with Crippen LogP contribution in [-0.2, 0) is 9.53 Å². The molecule has 0 aromatic heterocycles. The third-order valence-electron chi connectivity index (χ3n) is 6.22. The molecule has 0 N–H and O–H groups in total. The molecule has 0 aliphatic heterocycles. The van der Waals surface area contributed by atoms with Gasteiger partial charge in [-0.25, -0.2) is 0 Å². The Balaban J connectivity index is 2.62. The van der Waals surface area contributed by atoms with Crippen LogP contribution in [0.5, 0.6) is 0 Å². The van der Waals surface area contributed by atoms with Crippen LogP contribution in [0.15, 0.2) is 0 Å². The van der Waals surface area contributed by atoms with Crippen LogP contribution in [0.1, 0.15) is 88.0 Å². The van der Waals surface area contributed by atoms with Crippen molar-refractivity contribution in [2.24, 2.45) is 33.5 Å². The molecule has 3 nitrogen and oxygen atoms in total. The number of hydrogen-bond donors (Lipinski definition) is 0. The molecule has 0 saturated heterocycles. The SMILES string of the molecule is CN(C)CCCOC(=O)C(C)(C)CC(C)(C)C1CC1C(C)(C)CC(C)(C)C. The van der Waals surface area contributed by atoms with Crippen molar-refractivity contribution in [1.29, 1.82) is 0 Å². The Bertz CT molecular complexity index is 497. The lowest BCUT2D eigenvalue weighted by molar-refractivity contribution is -0.156. The summed E-state index contributed by atoms with van der Waals surface area (Å²) in [7, 11) is 4.09. The van der Waals surface area contributed by atoms with Crippen molar-refractivity contribution in [1.82, 2.24) is 4.90 Å². The van der Waals surface area contributed by atoms with Gasteiger partial charge >= 0.3 is 5.97 Å². The molecule has 0 bridgehead atoms. The molecule has 3 heteroatoms. The largest absolute Gasteiger partial charge is 0.465 e. The highest BCUT2D eigenvalue weighted by Gasteiger charge is 2.55. The summed E-state index contributed by atoms with van der Waals surface area (Å²) in [5.74, 6) is 1.43. The summed E-state index contributed by atoms with van der Waals surface area (Å²) >= 11 is 0. The fourth-order valence-electron chi connectivity index (χ4n) is 5.50. The van der Waals surface area contributed by atoms with Crippen LogP contribution in [0.4, 0.5) is 0 Å². The Kier molecular flexibility index (Phi) is 7.64. The van der Waals surface area contributed by atoms with Crippen LogP contribution in [0.25, 0.3) is 0 Å². The molecular formula is C24H47NO2. The normalized spacial score (nSPS) is 21.5. The van der Waals surface area contributed by atoms with E-state index in [4.69, 9.17) is 4.74 Å². The Labute approximate surface area is 169 Å². The minimum absolute atomic E-state index is 0.0412. The first-order valence-corrected chi connectivity index (χ1v) is 10.8. The topological polar surface area (TPSA) is 29.5 Å². The number of nitrogens with zero attached hydrogens (tertiary/aromatic N) is 1. The summed E-state index contributed by atoms with van der Waals surface area (Å²) in [6, 6.07) is 0. The van der Waals surface area contributed by atoms with Crippen molar-refractivity contribution in [2.45, 2.75) is 88.0 Å². The van der Waals surface area contributed by atoms with Crippen LogP contribution >= 0.6 is 0 Å². The van der Waals surface area contributed by atoms with Crippen LogP contribution < -0.4 is 0 Å². The fraction of sp³-hybridized carbons (Fsp3) is 0.958. The highest BCUT2D eigenvalue weighted by atomic mass is 16.5. The number of rotatable bonds is 10. The van der Waals surface area contributed by atoms with E-state index in [0.29, 0.717) is 23.4 Å². The van der Waals surface area contributed by atoms with E-state index >= 15 is 0 Å². The lowest BCUT2D eigenvalue weighted by Crippen LogP contribution is -2.35. The molecule has 0 spiro atoms. The van der Waals surface area contributed by atoms with Crippen molar-refractivity contribution in [3.05, 3.63) is 0 Å². The maximum atomic E-state index is 12.7. The molecule has 1 rings (SSSR count). The lowest BCUT2D eigenvalue weighted by atomic mass is 9.67. The van der Waals surface area contributed by atoms with E-state index in [1.165, 1.54) is 12.8 Å². The number of hydrogen-bond acceptors (Lipinski definition) is 3. The molecule has 1 fully saturated rings. The van der Waals surface area contributed by atoms with Gasteiger partial charge in [-0.05, 0) is 81.7 Å². The van der Waals surface area contributed by atoms with Gasteiger partial charge in [0.1, 0.15) is 0 Å². The zero-order valence-corrected chi connectivity index (χ0v) is 20.2. The number of esters is 1. The second-order valence-electron chi connectivity index (χ2n) is 12.5. The van der Waals surface area contributed by atoms with Gasteiger partial charge in [0.15, 0.2) is 0 Å². The van der Waals surface area contributed by atoms with Crippen LogP contribution in [-0.4, -0.2) is 38.1 Å². The third kappa shape index (κ3) is 7.75. The predicted octanol–water partition coefficient (Wildman–Crippen LogP) is 6.02. The Morgan fingerprint density at radius 3 is 1.81 bits per heavy atom. The van der Waals surface area contributed by atoms with Crippen LogP contribution in [0.3, 0.4) is 0 Å². The summed E-state index contributed by atoms with van der Waals surface area (Å²) in [6.45, 7) is 22.2. The Hall–Kier alpha value is -0.570. The Morgan fingerprint density at radius 1 is 0.889 bits per heavy atom. The zero-order valence-electron chi connectivity index (χ0n) is 20.2. The van der Waals surface area contributed by atoms with Crippen molar-refractivity contribution in [3.8, 4) is 0 Å². The molecule has 0 heterocycles. The van der Waals surface area contributed by atoms with Crippen molar-refractivity contribution >= 4 is 5.97 Å². The quantitative estimate of drug-likeness (QED) is 0.342. The van der Waals surface area contributed by atoms with E-state index in [1.807, 2.05) is 14.1 Å². The van der Waals surface area contributed by atoms with Crippen molar-refractivity contribution in [3.63, 3.8) is 0 Å². The van der Waals surface area contributed by atoms with E-state index in [-0.39, 0.29) is 11.4 Å². The van der Waals surface area contributed by atoms with Crippen molar-refractivity contribution in [2.75, 3.05) is 27.2 Å². The van der Waals surface area contributed by atoms with Gasteiger partial charge in [-0.2, -0.15) is 0 Å². The van der Waals surface area contributed by atoms with Gasteiger partial charge in [0.05, 0.1) is 12.0 Å². The molecule has 0 aromatic rings. The van der Waals surface area contributed by atoms with Gasteiger partial charge in [0.2, 0.25) is 0 Å². The van der Waals surface area contributed by atoms with E-state index in [2.05, 4.69) is 67.2 Å². The maximum absolute atomic E-state index is 12.7. The third-order valence-corrected chi connectivity index (χ3v) is 6.22. The molecule has 2 atom stereocenters. The van der Waals surface area contributed by atoms with Gasteiger partial charge in [-0.3, -0.25) is 4.79 Å². The molecule has 2 unspecified atom stereocenters. The maximum Gasteiger partial charge on any atom is 0.311 e. The first-order chi connectivity index (χ1) is 12.0. The Morgan fingerprint density at radius 2 is 1.37 bits per heavy atom. The molecule has 0 amide bonds. The van der Waals surface area contributed by atoms with Crippen LogP contribution in [0, 0.1) is 33.5 Å². The summed E-state index contributed by atoms with van der Waals surface area (Å²) in [5, 5.41) is 0. The number of carbonyl (C=O) groups is 1. The minimum atomic E-state index is -0.428. The summed E-state index contributed by atoms with van der Waals surface area (Å²) < 4.78 is 5.60. The van der Waals surface area contributed by atoms with E-state index in [0.717, 1.165) is 25.3 Å². The van der Waals surface area contributed by atoms with E-state index in [1.54, 1.807) is 0 Å². The van der Waals surface area contributed by atoms with E-state index < -0.39 is 5.41 Å². The number of carbonyl (C=O) groups excluding carboxylic acids is 1. The minimum Gasteiger partial charge on any atom is -0.465 e. The summed E-state index contributed by atoms with van der Waals surface area (Å²) in [5.41, 5.74) is 0.447. The second-order valence-corrected chi connectivity index (χ2v) is 12.5. The first kappa shape index (κ1) is 24.5. The monoisotopic (exact) mass is 381 g/mol. The smallest absolute Gasteiger partial charge is 0.311 e. The average Bonchev–Trinajstić information content (AvgIpc) is 3.20. The van der Waals surface area contributed by atoms with Gasteiger partial charge in [0, 0.05) is 6.54 Å². The lowest BCUT2D eigenvalue weighted by Gasteiger charge is -2.37. The van der Waals surface area contributed by atoms with Gasteiger partial charge in [-0.1, -0.05) is 48.5 Å². The average molecular weight is 382 g/mol. The van der Waals surface area contributed by atoms with Gasteiger partial charge < -0.3 is 9.64 Å². The van der Waals surface area contributed by atoms with Gasteiger partial charge in [-0.15, -0.1) is 0 Å². The molecule has 160 valence electrons. The first-order valence-electron chi connectivity index (χ1n) is 10.8.